The van der Waals surface area contributed by atoms with Gasteiger partial charge in [-0.3, -0.25) is 0 Å². The summed E-state index contributed by atoms with van der Waals surface area (Å²) in [5, 5.41) is 4.99. The van der Waals surface area contributed by atoms with Crippen molar-refractivity contribution >= 4 is 35.0 Å². The van der Waals surface area contributed by atoms with Crippen LogP contribution < -0.4 is 5.32 Å². The summed E-state index contributed by atoms with van der Waals surface area (Å²) in [5.41, 5.74) is 1.01. The van der Waals surface area contributed by atoms with Gasteiger partial charge in [-0.05, 0) is 24.3 Å². The zero-order valence-electron chi connectivity index (χ0n) is 8.30. The fourth-order valence-corrected chi connectivity index (χ4v) is 3.36. The van der Waals surface area contributed by atoms with Crippen molar-refractivity contribution < 1.29 is 0 Å². The van der Waals surface area contributed by atoms with Gasteiger partial charge in [0.05, 0.1) is 0 Å². The maximum Gasteiger partial charge on any atom is 0.0465 e. The molecule has 1 nitrogen and oxygen atoms in total. The molecule has 0 bridgehead atoms. The van der Waals surface area contributed by atoms with Gasteiger partial charge in [0.1, 0.15) is 0 Å². The summed E-state index contributed by atoms with van der Waals surface area (Å²) >= 11 is 14.2. The highest BCUT2D eigenvalue weighted by atomic mass is 35.5. The molecule has 0 amide bonds. The first kappa shape index (κ1) is 11.6. The van der Waals surface area contributed by atoms with E-state index in [2.05, 4.69) is 5.32 Å². The van der Waals surface area contributed by atoms with E-state index in [0.29, 0.717) is 6.04 Å². The zero-order valence-corrected chi connectivity index (χ0v) is 10.6. The van der Waals surface area contributed by atoms with Gasteiger partial charge >= 0.3 is 0 Å². The fourth-order valence-electron chi connectivity index (χ4n) is 1.64. The number of hydrogen-bond donors (Lipinski definition) is 1. The van der Waals surface area contributed by atoms with E-state index < -0.39 is 0 Å². The van der Waals surface area contributed by atoms with Crippen LogP contribution in [-0.4, -0.2) is 17.5 Å². The molecular formula is C11H13Cl2NS. The minimum absolute atomic E-state index is 0.613. The molecule has 1 unspecified atom stereocenters. The Kier molecular flexibility index (Phi) is 4.21. The van der Waals surface area contributed by atoms with Crippen LogP contribution in [0.1, 0.15) is 12.0 Å². The van der Waals surface area contributed by atoms with Gasteiger partial charge in [0.15, 0.2) is 0 Å². The van der Waals surface area contributed by atoms with Crippen LogP contribution in [0.2, 0.25) is 10.0 Å². The number of thioether (sulfide) groups is 1. The van der Waals surface area contributed by atoms with Gasteiger partial charge in [-0.15, -0.1) is 0 Å². The summed E-state index contributed by atoms with van der Waals surface area (Å²) in [6, 6.07) is 6.25. The molecule has 4 heteroatoms. The molecule has 2 rings (SSSR count). The first-order valence-electron chi connectivity index (χ1n) is 5.01. The molecule has 0 radical (unpaired) electrons. The van der Waals surface area contributed by atoms with Crippen LogP contribution in [0.5, 0.6) is 0 Å². The molecule has 1 aliphatic heterocycles. The highest BCUT2D eigenvalue weighted by molar-refractivity contribution is 7.99. The second-order valence-electron chi connectivity index (χ2n) is 3.64. The molecular weight excluding hydrogens is 249 g/mol. The Morgan fingerprint density at radius 2 is 2.07 bits per heavy atom. The molecule has 82 valence electrons. The summed E-state index contributed by atoms with van der Waals surface area (Å²) in [6.07, 6.45) is 1.24. The summed E-state index contributed by atoms with van der Waals surface area (Å²) in [7, 11) is 0. The van der Waals surface area contributed by atoms with Gasteiger partial charge in [0.25, 0.3) is 0 Å². The van der Waals surface area contributed by atoms with Crippen molar-refractivity contribution in [3.8, 4) is 0 Å². The van der Waals surface area contributed by atoms with Crippen LogP contribution in [0.3, 0.4) is 0 Å². The lowest BCUT2D eigenvalue weighted by Crippen LogP contribution is -2.28. The molecule has 1 aliphatic rings. The van der Waals surface area contributed by atoms with Gasteiger partial charge in [0, 0.05) is 33.9 Å². The predicted octanol–water partition coefficient (Wildman–Crippen LogP) is 3.59. The lowest BCUT2D eigenvalue weighted by atomic mass is 10.2. The van der Waals surface area contributed by atoms with E-state index in [9.17, 15) is 0 Å². The van der Waals surface area contributed by atoms with Crippen molar-refractivity contribution in [1.29, 1.82) is 0 Å². The normalized spacial score (nSPS) is 20.8. The minimum Gasteiger partial charge on any atom is -0.309 e. The minimum atomic E-state index is 0.613. The number of benzene rings is 1. The predicted molar refractivity (Wildman–Crippen MR) is 69.0 cm³/mol. The van der Waals surface area contributed by atoms with Crippen molar-refractivity contribution in [2.75, 3.05) is 11.5 Å². The van der Waals surface area contributed by atoms with Crippen LogP contribution in [-0.2, 0) is 6.54 Å². The second-order valence-corrected chi connectivity index (χ2v) is 5.61. The van der Waals surface area contributed by atoms with E-state index in [1.807, 2.05) is 30.0 Å². The first-order valence-corrected chi connectivity index (χ1v) is 6.92. The Hall–Kier alpha value is 0.110. The highest BCUT2D eigenvalue weighted by Crippen LogP contribution is 2.25. The largest absolute Gasteiger partial charge is 0.309 e. The lowest BCUT2D eigenvalue weighted by Gasteiger charge is -2.13. The van der Waals surface area contributed by atoms with Gasteiger partial charge in [-0.2, -0.15) is 11.8 Å². The van der Waals surface area contributed by atoms with Gasteiger partial charge in [0.2, 0.25) is 0 Å². The van der Waals surface area contributed by atoms with Crippen molar-refractivity contribution in [1.82, 2.24) is 5.32 Å². The van der Waals surface area contributed by atoms with Crippen molar-refractivity contribution in [3.63, 3.8) is 0 Å². The molecule has 0 aliphatic carbocycles. The second kappa shape index (κ2) is 5.44. The SMILES string of the molecule is Clc1cccc(Cl)c1CNC1CCSC1. The smallest absolute Gasteiger partial charge is 0.0465 e. The summed E-state index contributed by atoms with van der Waals surface area (Å²) < 4.78 is 0. The standard InChI is InChI=1S/C11H13Cl2NS/c12-10-2-1-3-11(13)9(10)6-14-8-4-5-15-7-8/h1-3,8,14H,4-7H2. The highest BCUT2D eigenvalue weighted by Gasteiger charge is 2.15. The van der Waals surface area contributed by atoms with E-state index in [1.165, 1.54) is 17.9 Å². The fraction of sp³-hybridized carbons (Fsp3) is 0.455. The molecule has 1 fully saturated rings. The summed E-state index contributed by atoms with van der Waals surface area (Å²) in [5.74, 6) is 2.45. The lowest BCUT2D eigenvalue weighted by molar-refractivity contribution is 0.558. The van der Waals surface area contributed by atoms with E-state index in [1.54, 1.807) is 0 Å². The molecule has 1 atom stereocenters. The first-order chi connectivity index (χ1) is 7.27. The molecule has 1 aromatic rings. The van der Waals surface area contributed by atoms with Gasteiger partial charge < -0.3 is 5.32 Å². The molecule has 1 heterocycles. The third-order valence-electron chi connectivity index (χ3n) is 2.56. The Balaban J connectivity index is 1.97. The monoisotopic (exact) mass is 261 g/mol. The maximum absolute atomic E-state index is 6.09. The average molecular weight is 262 g/mol. The Bertz CT molecular complexity index is 317. The summed E-state index contributed by atoms with van der Waals surface area (Å²) in [6.45, 7) is 0.768. The molecule has 1 saturated heterocycles. The van der Waals surface area contributed by atoms with Gasteiger partial charge in [-0.25, -0.2) is 0 Å². The summed E-state index contributed by atoms with van der Waals surface area (Å²) in [4.78, 5) is 0. The van der Waals surface area contributed by atoms with E-state index in [4.69, 9.17) is 23.2 Å². The molecule has 0 aromatic heterocycles. The van der Waals surface area contributed by atoms with Crippen LogP contribution in [0.15, 0.2) is 18.2 Å². The molecule has 1 N–H and O–H groups in total. The van der Waals surface area contributed by atoms with Crippen LogP contribution >= 0.6 is 35.0 Å². The van der Waals surface area contributed by atoms with Crippen molar-refractivity contribution in [2.24, 2.45) is 0 Å². The van der Waals surface area contributed by atoms with Crippen LogP contribution in [0, 0.1) is 0 Å². The topological polar surface area (TPSA) is 12.0 Å². The van der Waals surface area contributed by atoms with E-state index in [-0.39, 0.29) is 0 Å². The molecule has 0 spiro atoms. The van der Waals surface area contributed by atoms with Gasteiger partial charge in [-0.1, -0.05) is 29.3 Å². The maximum atomic E-state index is 6.09. The molecule has 15 heavy (non-hydrogen) atoms. The quantitative estimate of drug-likeness (QED) is 0.893. The van der Waals surface area contributed by atoms with Crippen LogP contribution in [0.4, 0.5) is 0 Å². The van der Waals surface area contributed by atoms with Crippen molar-refractivity contribution in [3.05, 3.63) is 33.8 Å². The van der Waals surface area contributed by atoms with Crippen LogP contribution in [0.25, 0.3) is 0 Å². The number of hydrogen-bond acceptors (Lipinski definition) is 2. The van der Waals surface area contributed by atoms with Crippen molar-refractivity contribution in [2.45, 2.75) is 19.0 Å². The Morgan fingerprint density at radius 1 is 1.33 bits per heavy atom. The molecule has 0 saturated carbocycles. The van der Waals surface area contributed by atoms with E-state index in [0.717, 1.165) is 22.2 Å². The third kappa shape index (κ3) is 3.04. The number of halogens is 2. The van der Waals surface area contributed by atoms with E-state index >= 15 is 0 Å². The average Bonchev–Trinajstić information content (AvgIpc) is 2.70. The Morgan fingerprint density at radius 3 is 2.67 bits per heavy atom. The third-order valence-corrected chi connectivity index (χ3v) is 4.43. The zero-order chi connectivity index (χ0) is 10.7. The Labute approximate surface area is 105 Å². The molecule has 1 aromatic carbocycles. The number of rotatable bonds is 3. The number of nitrogens with one attached hydrogen (secondary N) is 1.